The van der Waals surface area contributed by atoms with Crippen LogP contribution in [0.3, 0.4) is 0 Å². The van der Waals surface area contributed by atoms with Crippen molar-refractivity contribution in [2.24, 2.45) is 4.99 Å². The molecular weight excluding hydrogens is 627 g/mol. The van der Waals surface area contributed by atoms with Crippen molar-refractivity contribution in [2.45, 2.75) is 37.1 Å². The van der Waals surface area contributed by atoms with Gasteiger partial charge in [-0.2, -0.15) is 5.26 Å². The van der Waals surface area contributed by atoms with Gasteiger partial charge in [-0.1, -0.05) is 84.6 Å². The molecule has 2 fully saturated rings. The Morgan fingerprint density at radius 3 is 2.38 bits per heavy atom. The average molecular weight is 668 g/mol. The average Bonchev–Trinajstić information content (AvgIpc) is 3.56. The fourth-order valence-electron chi connectivity index (χ4n) is 6.71. The number of carbonyl (C=O) groups is 1. The van der Waals surface area contributed by atoms with Crippen molar-refractivity contribution in [3.63, 3.8) is 0 Å². The molecule has 8 nitrogen and oxygen atoms in total. The molecule has 3 aromatic rings. The van der Waals surface area contributed by atoms with Gasteiger partial charge in [0.25, 0.3) is 5.91 Å². The van der Waals surface area contributed by atoms with E-state index in [0.717, 1.165) is 79.7 Å². The van der Waals surface area contributed by atoms with E-state index in [-0.39, 0.29) is 11.9 Å². The maximum absolute atomic E-state index is 13.1. The normalized spacial score (nSPS) is 17.9. The van der Waals surface area contributed by atoms with Crippen molar-refractivity contribution >= 4 is 46.1 Å². The number of methoxy groups -OCH3 is 1. The summed E-state index contributed by atoms with van der Waals surface area (Å²) in [6.07, 6.45) is 5.40. The lowest BCUT2D eigenvalue weighted by molar-refractivity contribution is 0.0774. The molecule has 0 N–H and O–H groups in total. The molecule has 3 aliphatic rings. The van der Waals surface area contributed by atoms with E-state index in [1.54, 1.807) is 24.9 Å². The van der Waals surface area contributed by atoms with Gasteiger partial charge in [-0.15, -0.1) is 0 Å². The number of thioether (sulfide) groups is 1. The maximum atomic E-state index is 13.1. The first-order chi connectivity index (χ1) is 23.0. The summed E-state index contributed by atoms with van der Waals surface area (Å²) in [5.41, 5.74) is 2.53. The first-order valence-electron chi connectivity index (χ1n) is 16.4. The Kier molecular flexibility index (Phi) is 10.8. The van der Waals surface area contributed by atoms with Gasteiger partial charge in [-0.05, 0) is 42.9 Å². The summed E-state index contributed by atoms with van der Waals surface area (Å²) in [7, 11) is 1.60. The first-order valence-corrected chi connectivity index (χ1v) is 17.8. The predicted octanol–water partition coefficient (Wildman–Crippen LogP) is 6.32. The number of rotatable bonds is 11. The lowest BCUT2D eigenvalue weighted by Gasteiger charge is -2.36. The van der Waals surface area contributed by atoms with Crippen LogP contribution < -0.4 is 9.47 Å². The zero-order chi connectivity index (χ0) is 32.6. The van der Waals surface area contributed by atoms with Crippen LogP contribution in [-0.2, 0) is 5.41 Å². The van der Waals surface area contributed by atoms with Crippen LogP contribution in [-0.4, -0.2) is 95.9 Å². The number of nitriles is 1. The smallest absolute Gasteiger partial charge is 0.256 e. The number of fused-ring (bicyclic) bond motifs is 2. The number of aliphatic imine (C=N–C) groups is 1. The Balaban J connectivity index is 0.960. The summed E-state index contributed by atoms with van der Waals surface area (Å²) < 4.78 is 12.6. The minimum Gasteiger partial charge on any atom is -0.493 e. The Hall–Kier alpha value is -3.91. The Morgan fingerprint density at radius 1 is 1.02 bits per heavy atom. The summed E-state index contributed by atoms with van der Waals surface area (Å²) in [6, 6.07) is 26.5. The highest BCUT2D eigenvalue weighted by Crippen LogP contribution is 2.39. The third-order valence-electron chi connectivity index (χ3n) is 9.39. The van der Waals surface area contributed by atoms with Gasteiger partial charge in [0.1, 0.15) is 9.74 Å². The molecule has 3 heterocycles. The van der Waals surface area contributed by atoms with E-state index in [1.165, 1.54) is 0 Å². The fraction of sp³-hybridized carbons (Fsp3) is 0.405. The van der Waals surface area contributed by atoms with Crippen LogP contribution in [0.25, 0.3) is 0 Å². The van der Waals surface area contributed by atoms with E-state index in [2.05, 4.69) is 20.9 Å². The number of amides is 1. The van der Waals surface area contributed by atoms with Crippen molar-refractivity contribution in [2.75, 3.05) is 58.7 Å². The SMILES string of the molecule is COc1cc2c(cc1OCCCN1CCN(C(=S)SCCC(C#N)(c3ccccc3)c3ccccc3)CC1)N=C[C@@H]1CCCN1C2=O. The van der Waals surface area contributed by atoms with Crippen molar-refractivity contribution in [1.82, 2.24) is 14.7 Å². The van der Waals surface area contributed by atoms with Crippen LogP contribution in [0, 0.1) is 11.3 Å². The fourth-order valence-corrected chi connectivity index (χ4v) is 8.09. The second-order valence-corrected chi connectivity index (χ2v) is 13.9. The largest absolute Gasteiger partial charge is 0.493 e. The molecular formula is C37H41N5O3S2. The zero-order valence-corrected chi connectivity index (χ0v) is 28.5. The Morgan fingerprint density at radius 2 is 1.72 bits per heavy atom. The lowest BCUT2D eigenvalue weighted by atomic mass is 9.74. The number of carbonyl (C=O) groups excluding carboxylic acids is 1. The third kappa shape index (κ3) is 7.33. The molecule has 1 amide bonds. The monoisotopic (exact) mass is 667 g/mol. The van der Waals surface area contributed by atoms with Crippen molar-refractivity contribution in [1.29, 1.82) is 5.26 Å². The van der Waals surface area contributed by atoms with Gasteiger partial charge in [0.05, 0.1) is 37.1 Å². The zero-order valence-electron chi connectivity index (χ0n) is 26.8. The number of benzene rings is 3. The molecule has 1 atom stereocenters. The molecule has 0 unspecified atom stereocenters. The van der Waals surface area contributed by atoms with E-state index in [0.29, 0.717) is 35.8 Å². The van der Waals surface area contributed by atoms with Gasteiger partial charge >= 0.3 is 0 Å². The maximum Gasteiger partial charge on any atom is 0.256 e. The minimum atomic E-state index is -0.712. The van der Waals surface area contributed by atoms with Crippen LogP contribution in [0.2, 0.25) is 0 Å². The molecule has 47 heavy (non-hydrogen) atoms. The standard InChI is InChI=1S/C37H41N5O3S2/c1-44-33-24-31-32(39-26-30-14-8-17-42(30)35(31)43)25-34(33)45-22-9-16-40-18-20-41(21-19-40)36(46)47-23-15-37(27-38,28-10-4-2-5-11-28)29-12-6-3-7-13-29/h2-7,10-13,24-26,30H,8-9,14-23H2,1H3/t30-/m0/s1. The second kappa shape index (κ2) is 15.3. The molecule has 3 aromatic carbocycles. The molecule has 10 heteroatoms. The van der Waals surface area contributed by atoms with Crippen molar-refractivity contribution < 1.29 is 14.3 Å². The van der Waals surface area contributed by atoms with Gasteiger partial charge in [-0.3, -0.25) is 14.7 Å². The van der Waals surface area contributed by atoms with Crippen LogP contribution in [0.4, 0.5) is 5.69 Å². The summed E-state index contributed by atoms with van der Waals surface area (Å²) in [6.45, 7) is 5.88. The molecule has 244 valence electrons. The minimum absolute atomic E-state index is 0.0107. The summed E-state index contributed by atoms with van der Waals surface area (Å²) >= 11 is 7.53. The van der Waals surface area contributed by atoms with E-state index in [9.17, 15) is 10.1 Å². The lowest BCUT2D eigenvalue weighted by Crippen LogP contribution is -2.48. The number of piperazine rings is 1. The molecule has 0 aliphatic carbocycles. The van der Waals surface area contributed by atoms with Crippen LogP contribution >= 0.6 is 24.0 Å². The van der Waals surface area contributed by atoms with Gasteiger partial charge in [0.15, 0.2) is 11.5 Å². The van der Waals surface area contributed by atoms with Gasteiger partial charge < -0.3 is 19.3 Å². The third-order valence-corrected chi connectivity index (χ3v) is 10.9. The van der Waals surface area contributed by atoms with Crippen LogP contribution in [0.15, 0.2) is 77.8 Å². The number of thiocarbonyl (C=S) groups is 1. The Bertz CT molecular complexity index is 1580. The highest BCUT2D eigenvalue weighted by atomic mass is 32.2. The summed E-state index contributed by atoms with van der Waals surface area (Å²) in [4.78, 5) is 24.4. The van der Waals surface area contributed by atoms with Crippen LogP contribution in [0.5, 0.6) is 11.5 Å². The molecule has 0 spiro atoms. The number of nitrogens with zero attached hydrogens (tertiary/aromatic N) is 5. The predicted molar refractivity (Wildman–Crippen MR) is 192 cm³/mol. The van der Waals surface area contributed by atoms with Gasteiger partial charge in [0.2, 0.25) is 0 Å². The number of hydrogen-bond acceptors (Lipinski definition) is 8. The number of ether oxygens (including phenoxy) is 2. The van der Waals surface area contributed by atoms with Gasteiger partial charge in [0, 0.05) is 57.3 Å². The molecule has 3 aliphatic heterocycles. The Labute approximate surface area is 287 Å². The molecule has 6 rings (SSSR count). The second-order valence-electron chi connectivity index (χ2n) is 12.2. The molecule has 0 radical (unpaired) electrons. The van der Waals surface area contributed by atoms with Crippen molar-refractivity contribution in [3.8, 4) is 17.6 Å². The van der Waals surface area contributed by atoms with E-state index in [4.69, 9.17) is 21.7 Å². The highest BCUT2D eigenvalue weighted by Gasteiger charge is 2.35. The quantitative estimate of drug-likeness (QED) is 0.174. The summed E-state index contributed by atoms with van der Waals surface area (Å²) in [5, 5.41) is 10.5. The van der Waals surface area contributed by atoms with Crippen LogP contribution in [0.1, 0.15) is 47.2 Å². The van der Waals surface area contributed by atoms with E-state index < -0.39 is 5.41 Å². The summed E-state index contributed by atoms with van der Waals surface area (Å²) in [5.74, 6) is 1.95. The molecule has 2 saturated heterocycles. The molecule has 0 saturated carbocycles. The van der Waals surface area contributed by atoms with E-state index in [1.807, 2.05) is 77.8 Å². The first kappa shape index (κ1) is 33.0. The highest BCUT2D eigenvalue weighted by molar-refractivity contribution is 8.22. The molecule has 0 aromatic heterocycles. The molecule has 0 bridgehead atoms. The van der Waals surface area contributed by atoms with Crippen molar-refractivity contribution in [3.05, 3.63) is 89.5 Å². The van der Waals surface area contributed by atoms with E-state index >= 15 is 0 Å². The number of hydrogen-bond donors (Lipinski definition) is 0. The topological polar surface area (TPSA) is 81.4 Å². The van der Waals surface area contributed by atoms with Gasteiger partial charge in [-0.25, -0.2) is 0 Å².